The summed E-state index contributed by atoms with van der Waals surface area (Å²) in [7, 11) is 0. The molecule has 0 fully saturated rings. The molecule has 0 aromatic carbocycles. The van der Waals surface area contributed by atoms with Crippen LogP contribution >= 0.6 is 0 Å². The summed E-state index contributed by atoms with van der Waals surface area (Å²) >= 11 is 3.73. The molecular formula is C8H29N8Ti2+9. The fourth-order valence-electron chi connectivity index (χ4n) is 0.0707. The third kappa shape index (κ3) is 69.0. The second-order valence-corrected chi connectivity index (χ2v) is 3.67. The van der Waals surface area contributed by atoms with Crippen molar-refractivity contribution in [2.75, 3.05) is 45.8 Å². The molecule has 0 saturated heterocycles. The van der Waals surface area contributed by atoms with Gasteiger partial charge in [-0.3, -0.25) is 0 Å². The molecule has 0 heterocycles. The quantitative estimate of drug-likeness (QED) is 0.238. The topological polar surface area (TPSA) is 171 Å². The molecule has 0 radical (unpaired) electrons. The van der Waals surface area contributed by atoms with Crippen molar-refractivity contribution < 1.29 is 44.6 Å². The van der Waals surface area contributed by atoms with Crippen LogP contribution in [0.4, 0.5) is 0 Å². The van der Waals surface area contributed by atoms with Crippen LogP contribution in [0.2, 0.25) is 0 Å². The fourth-order valence-corrected chi connectivity index (χ4v) is 0.292. The van der Waals surface area contributed by atoms with E-state index in [1.165, 1.54) is 0 Å². The average molecular weight is 333 g/mol. The molecule has 100 valence electrons. The minimum absolute atomic E-state index is 0.597. The van der Waals surface area contributed by atoms with Crippen molar-refractivity contribution in [1.82, 2.24) is 0 Å². The molecule has 0 aliphatic carbocycles. The maximum absolute atomic E-state index is 4.90. The van der Waals surface area contributed by atoms with Crippen LogP contribution < -0.4 is 34.4 Å². The zero-order valence-corrected chi connectivity index (χ0v) is 14.4. The summed E-state index contributed by atoms with van der Waals surface area (Å²) in [6, 6.07) is 0. The maximum atomic E-state index is 4.90. The van der Waals surface area contributed by atoms with E-state index in [2.05, 4.69) is 10.5 Å². The van der Waals surface area contributed by atoms with Gasteiger partial charge in [0.15, 0.2) is 0 Å². The van der Waals surface area contributed by atoms with Gasteiger partial charge in [0, 0.05) is 39.3 Å². The molecule has 0 aliphatic rings. The summed E-state index contributed by atoms with van der Waals surface area (Å²) in [6.07, 6.45) is 0. The molecule has 0 saturated carbocycles. The smallest absolute Gasteiger partial charge is 0.00461 e. The Bertz CT molecular complexity index is 121. The van der Waals surface area contributed by atoms with Gasteiger partial charge in [0.1, 0.15) is 0 Å². The molecule has 0 spiro atoms. The van der Waals surface area contributed by atoms with Gasteiger partial charge in [-0.05, 0) is 0 Å². The van der Waals surface area contributed by atoms with Crippen molar-refractivity contribution in [2.45, 2.75) is 6.92 Å². The Morgan fingerprint density at radius 2 is 1.00 bits per heavy atom. The van der Waals surface area contributed by atoms with E-state index in [1.54, 1.807) is 20.7 Å². The molecule has 0 aromatic heterocycles. The molecule has 0 amide bonds. The van der Waals surface area contributed by atoms with E-state index in [4.69, 9.17) is 34.4 Å². The Morgan fingerprint density at radius 3 is 1.00 bits per heavy atom. The first-order chi connectivity index (χ1) is 8.55. The zero-order chi connectivity index (χ0) is 15.2. The van der Waals surface area contributed by atoms with E-state index in [0.29, 0.717) is 39.3 Å². The molecule has 0 aliphatic heterocycles. The van der Waals surface area contributed by atoms with Gasteiger partial charge >= 0.3 is 61.6 Å². The number of hydrogen-bond acceptors (Lipinski definition) is 7. The molecule has 0 bridgehead atoms. The Kier molecular flexibility index (Phi) is 54.5. The van der Waals surface area contributed by atoms with Crippen molar-refractivity contribution >= 4 is 0 Å². The summed E-state index contributed by atoms with van der Waals surface area (Å²) < 4.78 is 5.72. The van der Waals surface area contributed by atoms with Gasteiger partial charge in [-0.1, -0.05) is 0 Å². The van der Waals surface area contributed by atoms with Crippen LogP contribution in [0.15, 0.2) is 3.60 Å². The molecule has 8 nitrogen and oxygen atoms in total. The second kappa shape index (κ2) is 36.1. The molecule has 18 heavy (non-hydrogen) atoms. The van der Waals surface area contributed by atoms with Gasteiger partial charge in [-0.2, -0.15) is 0 Å². The average Bonchev–Trinajstić information content (AvgIpc) is 2.46. The van der Waals surface area contributed by atoms with Crippen molar-refractivity contribution in [2.24, 2.45) is 38.0 Å². The number of hydrogen-bond donors (Lipinski definition) is 6. The summed E-state index contributed by atoms with van der Waals surface area (Å²) in [4.78, 5) is 0. The number of rotatable bonds is 4. The third-order valence-corrected chi connectivity index (χ3v) is 2.43. The second-order valence-electron chi connectivity index (χ2n) is 2.55. The number of nitrogens with zero attached hydrogens (tertiary/aromatic N) is 2. The van der Waals surface area contributed by atoms with Crippen LogP contribution in [0.3, 0.4) is 0 Å². The van der Waals surface area contributed by atoms with E-state index in [-0.39, 0.29) is 0 Å². The summed E-state index contributed by atoms with van der Waals surface area (Å²) in [6.45, 7) is 6.64. The van der Waals surface area contributed by atoms with Crippen LogP contribution in [-0.2, 0) is 41.4 Å². The van der Waals surface area contributed by atoms with Crippen LogP contribution in [-0.4, -0.2) is 49.0 Å². The van der Waals surface area contributed by atoms with E-state index < -0.39 is 0 Å². The first kappa shape index (κ1) is 27.2. The normalized spacial score (nSPS) is 9.17. The van der Waals surface area contributed by atoms with Gasteiger partial charge < -0.3 is 34.4 Å². The predicted octanol–water partition coefficient (Wildman–Crippen LogP) is -2.89. The minimum Gasteiger partial charge on any atom is -0.329 e. The van der Waals surface area contributed by atoms with Crippen molar-refractivity contribution in [3.8, 4) is 0 Å². The molecule has 0 atom stereocenters. The van der Waals surface area contributed by atoms with Gasteiger partial charge in [0.25, 0.3) is 0 Å². The van der Waals surface area contributed by atoms with E-state index in [1.807, 2.05) is 23.9 Å². The molecule has 12 N–H and O–H groups in total. The molecular weight excluding hydrogens is 304 g/mol. The largest absolute Gasteiger partial charge is 0.329 e. The van der Waals surface area contributed by atoms with Crippen LogP contribution in [0, 0.1) is 0 Å². The summed E-state index contributed by atoms with van der Waals surface area (Å²) in [5, 5.41) is 0. The van der Waals surface area contributed by atoms with Gasteiger partial charge in [0.05, 0.1) is 0 Å². The van der Waals surface area contributed by atoms with E-state index >= 15 is 0 Å². The van der Waals surface area contributed by atoms with Gasteiger partial charge in [0.2, 0.25) is 0 Å². The first-order valence-electron chi connectivity index (χ1n) is 5.62. The molecule has 0 unspecified atom stereocenters. The van der Waals surface area contributed by atoms with E-state index in [0.717, 1.165) is 6.54 Å². The SMILES string of the molecule is CC[N+]([Ti+4])=[N][Ti+4].NCCN.NCCN.NCCN. The van der Waals surface area contributed by atoms with Crippen molar-refractivity contribution in [3.05, 3.63) is 0 Å². The standard InChI is InChI=1S/C2H5N2.3C2H8N2.2Ti/c1-2-4-3;3*3-1-2-4;;/h2H2,1H3;3*1-4H2;;/q-1;;;;2*+5. The monoisotopic (exact) mass is 333 g/mol. The van der Waals surface area contributed by atoms with Crippen LogP contribution in [0.1, 0.15) is 6.92 Å². The van der Waals surface area contributed by atoms with Crippen LogP contribution in [0.5, 0.6) is 0 Å². The minimum atomic E-state index is 0.597. The molecule has 10 heteroatoms. The predicted molar refractivity (Wildman–Crippen MR) is 67.6 cm³/mol. The Labute approximate surface area is 135 Å². The van der Waals surface area contributed by atoms with E-state index in [9.17, 15) is 0 Å². The maximum Gasteiger partial charge on any atom is 0.00461 e. The Hall–Kier alpha value is 0.789. The fraction of sp³-hybridized carbons (Fsp3) is 1.00. The van der Waals surface area contributed by atoms with Gasteiger partial charge in [-0.25, -0.2) is 0 Å². The first-order valence-corrected chi connectivity index (χ1v) is 7.02. The summed E-state index contributed by atoms with van der Waals surface area (Å²) in [5.41, 5.74) is 29.4. The third-order valence-electron chi connectivity index (χ3n) is 0.920. The summed E-state index contributed by atoms with van der Waals surface area (Å²) in [5.74, 6) is 0. The Morgan fingerprint density at radius 1 is 0.778 bits per heavy atom. The van der Waals surface area contributed by atoms with Crippen molar-refractivity contribution in [1.29, 1.82) is 0 Å². The van der Waals surface area contributed by atoms with Crippen LogP contribution in [0.25, 0.3) is 0 Å². The molecule has 0 aromatic rings. The Balaban J connectivity index is -0.0000000742. The molecule has 0 rings (SSSR count). The van der Waals surface area contributed by atoms with Gasteiger partial charge in [-0.15, -0.1) is 0 Å². The van der Waals surface area contributed by atoms with Crippen molar-refractivity contribution in [3.63, 3.8) is 0 Å². The zero-order valence-electron chi connectivity index (χ0n) is 11.3. The number of nitrogens with two attached hydrogens (primary N) is 6.